The Labute approximate surface area is 242 Å². The van der Waals surface area contributed by atoms with Gasteiger partial charge in [0.15, 0.2) is 0 Å². The van der Waals surface area contributed by atoms with Gasteiger partial charge in [0.1, 0.15) is 6.04 Å². The first-order valence-corrected chi connectivity index (χ1v) is 14.2. The van der Waals surface area contributed by atoms with Crippen molar-refractivity contribution < 1.29 is 24.4 Å². The van der Waals surface area contributed by atoms with Crippen LogP contribution >= 0.6 is 0 Å². The molecule has 0 bridgehead atoms. The first kappa shape index (κ1) is 31.6. The van der Waals surface area contributed by atoms with Crippen molar-refractivity contribution in [2.45, 2.75) is 58.4 Å². The van der Waals surface area contributed by atoms with E-state index in [1.807, 2.05) is 68.4 Å². The van der Waals surface area contributed by atoms with Gasteiger partial charge in [-0.25, -0.2) is 0 Å². The third-order valence-corrected chi connectivity index (χ3v) is 6.79. The Balaban J connectivity index is 1.72. The SMILES string of the molecule is CCCCc1ccc(C(=O)N[C@@H](CNC(=O)c2ccc(-c3ccccc3)cc2)C(=O)N[C@@H](CC(C)C)B(O)O)cc1. The third-order valence-electron chi connectivity index (χ3n) is 6.79. The van der Waals surface area contributed by atoms with Crippen LogP contribution in [-0.2, 0) is 11.2 Å². The molecule has 9 heteroatoms. The van der Waals surface area contributed by atoms with E-state index in [1.54, 1.807) is 24.3 Å². The number of carbonyl (C=O) groups is 3. The number of rotatable bonds is 14. The molecule has 3 aromatic carbocycles. The molecule has 0 saturated carbocycles. The number of unbranched alkanes of at least 4 members (excludes halogenated alkanes) is 1. The molecule has 0 aliphatic carbocycles. The van der Waals surface area contributed by atoms with Gasteiger partial charge in [-0.2, -0.15) is 0 Å². The van der Waals surface area contributed by atoms with Crippen LogP contribution < -0.4 is 16.0 Å². The predicted molar refractivity (Wildman–Crippen MR) is 162 cm³/mol. The molecule has 3 rings (SSSR count). The lowest BCUT2D eigenvalue weighted by atomic mass is 9.75. The minimum atomic E-state index is -1.77. The molecule has 0 unspecified atom stereocenters. The van der Waals surface area contributed by atoms with Crippen LogP contribution in [0.3, 0.4) is 0 Å². The molecule has 41 heavy (non-hydrogen) atoms. The van der Waals surface area contributed by atoms with E-state index in [1.165, 1.54) is 0 Å². The Morgan fingerprint density at radius 2 is 1.37 bits per heavy atom. The van der Waals surface area contributed by atoms with Gasteiger partial charge in [0.05, 0.1) is 5.94 Å². The van der Waals surface area contributed by atoms with Gasteiger partial charge in [-0.05, 0) is 66.1 Å². The summed E-state index contributed by atoms with van der Waals surface area (Å²) in [5.74, 6) is -2.35. The van der Waals surface area contributed by atoms with Crippen LogP contribution in [0.2, 0.25) is 0 Å². The highest BCUT2D eigenvalue weighted by molar-refractivity contribution is 6.43. The van der Waals surface area contributed by atoms with Crippen LogP contribution in [0.5, 0.6) is 0 Å². The molecule has 0 fully saturated rings. The molecule has 8 nitrogen and oxygen atoms in total. The normalized spacial score (nSPS) is 12.3. The van der Waals surface area contributed by atoms with Crippen LogP contribution in [0.25, 0.3) is 11.1 Å². The molecule has 0 heterocycles. The Kier molecular flexibility index (Phi) is 12.1. The molecular formula is C32H40BN3O5. The van der Waals surface area contributed by atoms with E-state index < -0.39 is 36.8 Å². The van der Waals surface area contributed by atoms with Crippen molar-refractivity contribution >= 4 is 24.8 Å². The van der Waals surface area contributed by atoms with Gasteiger partial charge >= 0.3 is 7.12 Å². The number of nitrogens with one attached hydrogen (secondary N) is 3. The second-order valence-electron chi connectivity index (χ2n) is 10.6. The number of hydrogen-bond donors (Lipinski definition) is 5. The predicted octanol–water partition coefficient (Wildman–Crippen LogP) is 3.77. The average Bonchev–Trinajstić information content (AvgIpc) is 2.98. The molecule has 0 spiro atoms. The molecule has 0 aliphatic rings. The van der Waals surface area contributed by atoms with Gasteiger partial charge in [-0.1, -0.05) is 81.8 Å². The zero-order chi connectivity index (χ0) is 29.8. The summed E-state index contributed by atoms with van der Waals surface area (Å²) in [6.45, 7) is 5.72. The smallest absolute Gasteiger partial charge is 0.426 e. The number of aryl methyl sites for hydroxylation is 1. The van der Waals surface area contributed by atoms with E-state index in [2.05, 4.69) is 22.9 Å². The fourth-order valence-electron chi connectivity index (χ4n) is 4.44. The van der Waals surface area contributed by atoms with E-state index in [0.29, 0.717) is 17.5 Å². The fraction of sp³-hybridized carbons (Fsp3) is 0.344. The van der Waals surface area contributed by atoms with Crippen molar-refractivity contribution in [2.24, 2.45) is 5.92 Å². The van der Waals surface area contributed by atoms with Gasteiger partial charge in [-0.15, -0.1) is 0 Å². The lowest BCUT2D eigenvalue weighted by Gasteiger charge is -2.24. The second kappa shape index (κ2) is 15.7. The highest BCUT2D eigenvalue weighted by Crippen LogP contribution is 2.19. The minimum absolute atomic E-state index is 0.0833. The van der Waals surface area contributed by atoms with E-state index in [4.69, 9.17) is 0 Å². The molecule has 0 saturated heterocycles. The quantitative estimate of drug-likeness (QED) is 0.193. The van der Waals surface area contributed by atoms with Crippen LogP contribution in [0.1, 0.15) is 66.3 Å². The van der Waals surface area contributed by atoms with E-state index in [0.717, 1.165) is 36.0 Å². The molecule has 3 amide bonds. The maximum Gasteiger partial charge on any atom is 0.475 e. The largest absolute Gasteiger partial charge is 0.475 e. The molecule has 0 radical (unpaired) electrons. The monoisotopic (exact) mass is 557 g/mol. The summed E-state index contributed by atoms with van der Waals surface area (Å²) in [4.78, 5) is 39.2. The molecular weight excluding hydrogens is 517 g/mol. The molecule has 3 aromatic rings. The van der Waals surface area contributed by atoms with Crippen molar-refractivity contribution in [1.29, 1.82) is 0 Å². The highest BCUT2D eigenvalue weighted by Gasteiger charge is 2.30. The lowest BCUT2D eigenvalue weighted by molar-refractivity contribution is -0.123. The lowest BCUT2D eigenvalue weighted by Crippen LogP contribution is -2.57. The van der Waals surface area contributed by atoms with Crippen LogP contribution in [0, 0.1) is 5.92 Å². The maximum atomic E-state index is 13.2. The number of hydrogen-bond acceptors (Lipinski definition) is 5. The molecule has 5 N–H and O–H groups in total. The van der Waals surface area contributed by atoms with E-state index in [9.17, 15) is 24.4 Å². The molecule has 216 valence electrons. The van der Waals surface area contributed by atoms with Gasteiger partial charge in [0, 0.05) is 17.7 Å². The summed E-state index contributed by atoms with van der Waals surface area (Å²) in [5.41, 5.74) is 3.90. The fourth-order valence-corrected chi connectivity index (χ4v) is 4.44. The summed E-state index contributed by atoms with van der Waals surface area (Å²) in [5, 5.41) is 27.6. The first-order valence-electron chi connectivity index (χ1n) is 14.2. The highest BCUT2D eigenvalue weighted by atomic mass is 16.4. The Morgan fingerprint density at radius 1 is 0.780 bits per heavy atom. The third kappa shape index (κ3) is 9.88. The summed E-state index contributed by atoms with van der Waals surface area (Å²) in [6.07, 6.45) is 3.37. The topological polar surface area (TPSA) is 128 Å². The van der Waals surface area contributed by atoms with Crippen molar-refractivity contribution in [3.8, 4) is 11.1 Å². The molecule has 0 aromatic heterocycles. The summed E-state index contributed by atoms with van der Waals surface area (Å²) in [7, 11) is -1.77. The maximum absolute atomic E-state index is 13.2. The molecule has 2 atom stereocenters. The Hall–Kier alpha value is -3.95. The van der Waals surface area contributed by atoms with Crippen molar-refractivity contribution in [2.75, 3.05) is 6.54 Å². The van der Waals surface area contributed by atoms with Crippen molar-refractivity contribution in [3.05, 3.63) is 95.6 Å². The standard InChI is InChI=1S/C32H40BN3O5/c1-4-5-9-23-12-14-27(15-13-23)31(38)35-28(32(39)36-29(33(40)41)20-22(2)3)21-34-30(37)26-18-16-25(17-19-26)24-10-7-6-8-11-24/h6-8,10-19,22,28-29,40-41H,4-5,9,20-21H2,1-3H3,(H,34,37)(H,35,38)(H,36,39)/t28-,29-/m0/s1. The number of amides is 3. The van der Waals surface area contributed by atoms with Gasteiger partial charge in [-0.3, -0.25) is 14.4 Å². The van der Waals surface area contributed by atoms with Crippen molar-refractivity contribution in [3.63, 3.8) is 0 Å². The van der Waals surface area contributed by atoms with Crippen LogP contribution in [-0.4, -0.2) is 53.4 Å². The summed E-state index contributed by atoms with van der Waals surface area (Å²) < 4.78 is 0. The van der Waals surface area contributed by atoms with E-state index in [-0.39, 0.29) is 12.5 Å². The average molecular weight is 558 g/mol. The van der Waals surface area contributed by atoms with Crippen molar-refractivity contribution in [1.82, 2.24) is 16.0 Å². The second-order valence-corrected chi connectivity index (χ2v) is 10.6. The van der Waals surface area contributed by atoms with Crippen LogP contribution in [0.15, 0.2) is 78.9 Å². The number of benzene rings is 3. The zero-order valence-electron chi connectivity index (χ0n) is 24.0. The van der Waals surface area contributed by atoms with Gasteiger partial charge in [0.25, 0.3) is 11.8 Å². The van der Waals surface area contributed by atoms with Crippen LogP contribution in [0.4, 0.5) is 0 Å². The summed E-state index contributed by atoms with van der Waals surface area (Å²) in [6, 6.07) is 22.9. The first-order chi connectivity index (χ1) is 19.7. The number of carbonyl (C=O) groups excluding carboxylic acids is 3. The minimum Gasteiger partial charge on any atom is -0.426 e. The Bertz CT molecular complexity index is 1260. The van der Waals surface area contributed by atoms with Gasteiger partial charge in [0.2, 0.25) is 5.91 Å². The zero-order valence-corrected chi connectivity index (χ0v) is 24.0. The molecule has 0 aliphatic heterocycles. The van der Waals surface area contributed by atoms with Gasteiger partial charge < -0.3 is 26.0 Å². The Morgan fingerprint density at radius 3 is 1.95 bits per heavy atom. The summed E-state index contributed by atoms with van der Waals surface area (Å²) >= 11 is 0. The van der Waals surface area contributed by atoms with E-state index >= 15 is 0 Å².